The van der Waals surface area contributed by atoms with Gasteiger partial charge >= 0.3 is 0 Å². The molecule has 0 radical (unpaired) electrons. The van der Waals surface area contributed by atoms with Crippen LogP contribution in [0.15, 0.2) is 5.16 Å². The third kappa shape index (κ3) is 3.08. The topological polar surface area (TPSA) is 87.7 Å². The SMILES string of the molecule is CCC(C)(NC(=O)C1CCC(F)(F)C1)C(N)=NO. The Hall–Kier alpha value is -1.40. The van der Waals surface area contributed by atoms with Crippen molar-refractivity contribution in [2.45, 2.75) is 51.0 Å². The van der Waals surface area contributed by atoms with Crippen molar-refractivity contribution < 1.29 is 18.8 Å². The zero-order chi connectivity index (χ0) is 14.0. The molecule has 0 aromatic carbocycles. The number of hydrogen-bond acceptors (Lipinski definition) is 3. The molecule has 0 aromatic rings. The molecule has 0 spiro atoms. The van der Waals surface area contributed by atoms with E-state index in [4.69, 9.17) is 10.9 Å². The number of amidine groups is 1. The monoisotopic (exact) mass is 263 g/mol. The summed E-state index contributed by atoms with van der Waals surface area (Å²) in [6, 6.07) is 0. The number of nitrogens with one attached hydrogen (secondary N) is 1. The highest BCUT2D eigenvalue weighted by atomic mass is 19.3. The minimum atomic E-state index is -2.76. The molecule has 104 valence electrons. The largest absolute Gasteiger partial charge is 0.409 e. The highest BCUT2D eigenvalue weighted by molar-refractivity contribution is 5.94. The van der Waals surface area contributed by atoms with E-state index < -0.39 is 29.7 Å². The first-order valence-corrected chi connectivity index (χ1v) is 5.92. The lowest BCUT2D eigenvalue weighted by atomic mass is 9.95. The zero-order valence-electron chi connectivity index (χ0n) is 10.5. The molecule has 4 N–H and O–H groups in total. The van der Waals surface area contributed by atoms with Crippen molar-refractivity contribution in [3.05, 3.63) is 0 Å². The van der Waals surface area contributed by atoms with E-state index in [1.165, 1.54) is 0 Å². The van der Waals surface area contributed by atoms with Gasteiger partial charge < -0.3 is 16.3 Å². The summed E-state index contributed by atoms with van der Waals surface area (Å²) < 4.78 is 26.1. The predicted octanol–water partition coefficient (Wildman–Crippen LogP) is 1.45. The maximum atomic E-state index is 13.0. The fourth-order valence-corrected chi connectivity index (χ4v) is 1.99. The number of oxime groups is 1. The third-order valence-electron chi connectivity index (χ3n) is 3.55. The van der Waals surface area contributed by atoms with Crippen molar-refractivity contribution >= 4 is 11.7 Å². The second-order valence-electron chi connectivity index (χ2n) is 4.96. The lowest BCUT2D eigenvalue weighted by molar-refractivity contribution is -0.127. The van der Waals surface area contributed by atoms with Crippen LogP contribution in [0.3, 0.4) is 0 Å². The van der Waals surface area contributed by atoms with Crippen molar-refractivity contribution in [3.8, 4) is 0 Å². The Morgan fingerprint density at radius 2 is 2.28 bits per heavy atom. The molecule has 0 saturated heterocycles. The molecule has 1 rings (SSSR count). The van der Waals surface area contributed by atoms with Gasteiger partial charge in [0.15, 0.2) is 5.84 Å². The number of nitrogens with zero attached hydrogens (tertiary/aromatic N) is 1. The normalized spacial score (nSPS) is 26.7. The minimum absolute atomic E-state index is 0.136. The molecule has 5 nitrogen and oxygen atoms in total. The van der Waals surface area contributed by atoms with Crippen molar-refractivity contribution in [1.29, 1.82) is 0 Å². The highest BCUT2D eigenvalue weighted by Crippen LogP contribution is 2.39. The molecule has 0 bridgehead atoms. The van der Waals surface area contributed by atoms with Gasteiger partial charge in [-0.1, -0.05) is 12.1 Å². The van der Waals surface area contributed by atoms with E-state index in [-0.39, 0.29) is 18.7 Å². The Bertz CT molecular complexity index is 360. The summed E-state index contributed by atoms with van der Waals surface area (Å²) in [5.74, 6) is -4.08. The van der Waals surface area contributed by atoms with Crippen LogP contribution in [0.5, 0.6) is 0 Å². The number of nitrogens with two attached hydrogens (primary N) is 1. The molecule has 0 aliphatic heterocycles. The molecule has 2 atom stereocenters. The molecular weight excluding hydrogens is 244 g/mol. The predicted molar refractivity (Wildman–Crippen MR) is 62.5 cm³/mol. The summed E-state index contributed by atoms with van der Waals surface area (Å²) in [5, 5.41) is 14.1. The van der Waals surface area contributed by atoms with Crippen molar-refractivity contribution in [2.24, 2.45) is 16.8 Å². The maximum Gasteiger partial charge on any atom is 0.248 e. The van der Waals surface area contributed by atoms with Gasteiger partial charge in [0.05, 0.1) is 5.54 Å². The van der Waals surface area contributed by atoms with E-state index in [0.29, 0.717) is 6.42 Å². The van der Waals surface area contributed by atoms with Crippen molar-refractivity contribution in [3.63, 3.8) is 0 Å². The van der Waals surface area contributed by atoms with Crippen LogP contribution in [0.4, 0.5) is 8.78 Å². The Labute approximate surface area is 104 Å². The van der Waals surface area contributed by atoms with E-state index in [1.54, 1.807) is 13.8 Å². The van der Waals surface area contributed by atoms with Crippen LogP contribution in [0.1, 0.15) is 39.5 Å². The van der Waals surface area contributed by atoms with Gasteiger partial charge in [0.25, 0.3) is 0 Å². The number of amides is 1. The van der Waals surface area contributed by atoms with Gasteiger partial charge in [-0.2, -0.15) is 0 Å². The van der Waals surface area contributed by atoms with Crippen molar-refractivity contribution in [1.82, 2.24) is 5.32 Å². The fourth-order valence-electron chi connectivity index (χ4n) is 1.99. The summed E-state index contributed by atoms with van der Waals surface area (Å²) >= 11 is 0. The maximum absolute atomic E-state index is 13.0. The van der Waals surface area contributed by atoms with Crippen LogP contribution < -0.4 is 11.1 Å². The lowest BCUT2D eigenvalue weighted by Crippen LogP contribution is -2.56. The van der Waals surface area contributed by atoms with E-state index in [1.807, 2.05) is 0 Å². The number of hydrogen-bond donors (Lipinski definition) is 3. The van der Waals surface area contributed by atoms with Gasteiger partial charge in [-0.15, -0.1) is 0 Å². The first-order chi connectivity index (χ1) is 8.24. The number of alkyl halides is 2. The summed E-state index contributed by atoms with van der Waals surface area (Å²) in [5.41, 5.74) is 4.49. The van der Waals surface area contributed by atoms with Gasteiger partial charge in [-0.25, -0.2) is 8.78 Å². The average molecular weight is 263 g/mol. The Morgan fingerprint density at radius 1 is 1.67 bits per heavy atom. The highest BCUT2D eigenvalue weighted by Gasteiger charge is 2.44. The van der Waals surface area contributed by atoms with Crippen LogP contribution in [0, 0.1) is 5.92 Å². The van der Waals surface area contributed by atoms with E-state index in [2.05, 4.69) is 10.5 Å². The molecule has 1 amide bonds. The van der Waals surface area contributed by atoms with Gasteiger partial charge in [0.2, 0.25) is 11.8 Å². The van der Waals surface area contributed by atoms with Crippen LogP contribution in [0.25, 0.3) is 0 Å². The molecule has 0 aromatic heterocycles. The first kappa shape index (κ1) is 14.7. The quantitative estimate of drug-likeness (QED) is 0.310. The summed E-state index contributed by atoms with van der Waals surface area (Å²) in [6.45, 7) is 3.34. The summed E-state index contributed by atoms with van der Waals surface area (Å²) in [6.07, 6.45) is -0.140. The standard InChI is InChI=1S/C11H19F2N3O2/c1-3-10(2,9(14)16-18)15-8(17)7-4-5-11(12,13)6-7/h7,18H,3-6H2,1-2H3,(H2,14,16)(H,15,17). The molecule has 1 fully saturated rings. The average Bonchev–Trinajstić information content (AvgIpc) is 2.68. The Kier molecular flexibility index (Phi) is 4.13. The molecule has 1 aliphatic rings. The third-order valence-corrected chi connectivity index (χ3v) is 3.55. The molecule has 1 saturated carbocycles. The smallest absolute Gasteiger partial charge is 0.248 e. The summed E-state index contributed by atoms with van der Waals surface area (Å²) in [4.78, 5) is 11.9. The Balaban J connectivity index is 2.70. The number of halogens is 2. The molecule has 2 unspecified atom stereocenters. The van der Waals surface area contributed by atoms with Gasteiger partial charge in [0.1, 0.15) is 0 Å². The number of carbonyl (C=O) groups excluding carboxylic acids is 1. The minimum Gasteiger partial charge on any atom is -0.409 e. The molecule has 1 aliphatic carbocycles. The molecular formula is C11H19F2N3O2. The molecule has 18 heavy (non-hydrogen) atoms. The van der Waals surface area contributed by atoms with E-state index in [0.717, 1.165) is 0 Å². The second kappa shape index (κ2) is 5.07. The van der Waals surface area contributed by atoms with E-state index >= 15 is 0 Å². The lowest BCUT2D eigenvalue weighted by Gasteiger charge is -2.29. The number of carbonyl (C=O) groups is 1. The van der Waals surface area contributed by atoms with Gasteiger partial charge in [-0.05, 0) is 19.8 Å². The van der Waals surface area contributed by atoms with Crippen LogP contribution in [0.2, 0.25) is 0 Å². The van der Waals surface area contributed by atoms with Crippen LogP contribution in [-0.4, -0.2) is 28.4 Å². The molecule has 0 heterocycles. The number of rotatable bonds is 4. The van der Waals surface area contributed by atoms with Gasteiger partial charge in [-0.3, -0.25) is 4.79 Å². The first-order valence-electron chi connectivity index (χ1n) is 5.92. The van der Waals surface area contributed by atoms with Crippen LogP contribution in [-0.2, 0) is 4.79 Å². The zero-order valence-corrected chi connectivity index (χ0v) is 10.5. The second-order valence-corrected chi connectivity index (χ2v) is 4.96. The molecule has 7 heteroatoms. The van der Waals surface area contributed by atoms with Crippen LogP contribution >= 0.6 is 0 Å². The van der Waals surface area contributed by atoms with E-state index in [9.17, 15) is 13.6 Å². The van der Waals surface area contributed by atoms with Crippen molar-refractivity contribution in [2.75, 3.05) is 0 Å². The summed E-state index contributed by atoms with van der Waals surface area (Å²) in [7, 11) is 0. The fraction of sp³-hybridized carbons (Fsp3) is 0.818. The van der Waals surface area contributed by atoms with Gasteiger partial charge in [0, 0.05) is 18.8 Å². The Morgan fingerprint density at radius 3 is 2.67 bits per heavy atom.